The van der Waals surface area contributed by atoms with Gasteiger partial charge in [-0.2, -0.15) is 0 Å². The van der Waals surface area contributed by atoms with Crippen molar-refractivity contribution in [1.82, 2.24) is 15.0 Å². The Balaban J connectivity index is 2.22. The summed E-state index contributed by atoms with van der Waals surface area (Å²) in [5, 5.41) is 2.32. The lowest BCUT2D eigenvalue weighted by Crippen LogP contribution is -2.47. The third kappa shape index (κ3) is 3.70. The molecule has 1 N–H and O–H groups in total. The highest BCUT2D eigenvalue weighted by Crippen LogP contribution is 2.26. The van der Waals surface area contributed by atoms with Gasteiger partial charge in [0.25, 0.3) is 0 Å². The second-order valence-electron chi connectivity index (χ2n) is 6.80. The van der Waals surface area contributed by atoms with Crippen LogP contribution in [0.1, 0.15) is 59.7 Å². The number of nitrogens with one attached hydrogen (secondary N) is 1. The molecular weight excluding hydrogens is 316 g/mol. The van der Waals surface area contributed by atoms with Crippen LogP contribution >= 0.6 is 15.9 Å². The van der Waals surface area contributed by atoms with Gasteiger partial charge in [-0.3, -0.25) is 0 Å². The van der Waals surface area contributed by atoms with E-state index in [1.165, 1.54) is 19.3 Å². The molecule has 0 bridgehead atoms. The van der Waals surface area contributed by atoms with E-state index in [1.54, 1.807) is 0 Å². The van der Waals surface area contributed by atoms with Crippen LogP contribution in [0.2, 0.25) is 0 Å². The van der Waals surface area contributed by atoms with Gasteiger partial charge in [0.2, 0.25) is 0 Å². The summed E-state index contributed by atoms with van der Waals surface area (Å²) in [5.74, 6) is 1.73. The van der Waals surface area contributed by atoms with Crippen LogP contribution in [0, 0.1) is 0 Å². The van der Waals surface area contributed by atoms with Crippen molar-refractivity contribution >= 4 is 21.7 Å². The molecule has 4 nitrogen and oxygen atoms in total. The van der Waals surface area contributed by atoms with E-state index in [9.17, 15) is 0 Å². The first-order chi connectivity index (χ1) is 9.27. The van der Waals surface area contributed by atoms with E-state index < -0.39 is 0 Å². The first kappa shape index (κ1) is 15.7. The minimum atomic E-state index is -0.0562. The SMILES string of the molecule is CC1CCCC(C)N1Nc1cc(Br)nc(C(C)(C)C)n1. The number of aromatic nitrogens is 2. The topological polar surface area (TPSA) is 41.0 Å². The number of hydrogen-bond donors (Lipinski definition) is 1. The van der Waals surface area contributed by atoms with Crippen molar-refractivity contribution in [3.8, 4) is 0 Å². The van der Waals surface area contributed by atoms with Gasteiger partial charge < -0.3 is 5.43 Å². The largest absolute Gasteiger partial charge is 0.302 e. The van der Waals surface area contributed by atoms with Crippen LogP contribution in [0.5, 0.6) is 0 Å². The molecule has 2 rings (SSSR count). The summed E-state index contributed by atoms with van der Waals surface area (Å²) in [4.78, 5) is 9.16. The molecule has 1 aliphatic rings. The molecule has 0 spiro atoms. The average molecular weight is 341 g/mol. The Hall–Kier alpha value is -0.680. The number of halogens is 1. The number of nitrogens with zero attached hydrogens (tertiary/aromatic N) is 3. The molecule has 0 radical (unpaired) electrons. The predicted octanol–water partition coefficient (Wildman–Crippen LogP) is 4.13. The third-order valence-electron chi connectivity index (χ3n) is 3.80. The van der Waals surface area contributed by atoms with E-state index in [-0.39, 0.29) is 5.41 Å². The first-order valence-electron chi connectivity index (χ1n) is 7.37. The molecule has 5 heteroatoms. The third-order valence-corrected chi connectivity index (χ3v) is 4.21. The highest BCUT2D eigenvalue weighted by molar-refractivity contribution is 9.10. The Bertz CT molecular complexity index is 459. The lowest BCUT2D eigenvalue weighted by molar-refractivity contribution is 0.135. The molecule has 0 aromatic carbocycles. The van der Waals surface area contributed by atoms with Crippen LogP contribution in [0.4, 0.5) is 5.82 Å². The van der Waals surface area contributed by atoms with Gasteiger partial charge in [-0.1, -0.05) is 27.2 Å². The minimum absolute atomic E-state index is 0.0562. The minimum Gasteiger partial charge on any atom is -0.302 e. The standard InChI is InChI=1S/C15H25BrN4/c1-10-7-6-8-11(2)20(10)19-13-9-12(16)17-14(18-13)15(3,4)5/h9-11H,6-8H2,1-5H3,(H,17,18,19). The highest BCUT2D eigenvalue weighted by Gasteiger charge is 2.26. The fourth-order valence-electron chi connectivity index (χ4n) is 2.58. The van der Waals surface area contributed by atoms with E-state index in [2.05, 4.69) is 71.0 Å². The molecule has 1 aromatic heterocycles. The molecule has 2 atom stereocenters. The fourth-order valence-corrected chi connectivity index (χ4v) is 2.97. The summed E-state index contributed by atoms with van der Waals surface area (Å²) in [6.45, 7) is 10.9. The first-order valence-corrected chi connectivity index (χ1v) is 8.16. The molecule has 0 saturated carbocycles. The van der Waals surface area contributed by atoms with Crippen molar-refractivity contribution in [2.45, 2.75) is 71.4 Å². The van der Waals surface area contributed by atoms with Gasteiger partial charge in [-0.25, -0.2) is 15.0 Å². The Morgan fingerprint density at radius 2 is 1.80 bits per heavy atom. The summed E-state index contributed by atoms with van der Waals surface area (Å²) in [6, 6.07) is 3.01. The molecule has 1 aromatic rings. The number of hydrazine groups is 1. The molecule has 20 heavy (non-hydrogen) atoms. The molecule has 1 saturated heterocycles. The fraction of sp³-hybridized carbons (Fsp3) is 0.733. The van der Waals surface area contributed by atoms with Crippen LogP contribution in [0.25, 0.3) is 0 Å². The predicted molar refractivity (Wildman–Crippen MR) is 86.7 cm³/mol. The summed E-state index contributed by atoms with van der Waals surface area (Å²) in [6.07, 6.45) is 3.77. The normalized spacial score (nSPS) is 24.7. The highest BCUT2D eigenvalue weighted by atomic mass is 79.9. The molecule has 2 unspecified atom stereocenters. The average Bonchev–Trinajstić information content (AvgIpc) is 2.32. The summed E-state index contributed by atoms with van der Waals surface area (Å²) >= 11 is 3.49. The summed E-state index contributed by atoms with van der Waals surface area (Å²) in [7, 11) is 0. The number of rotatable bonds is 2. The van der Waals surface area contributed by atoms with Gasteiger partial charge in [-0.05, 0) is 42.6 Å². The number of piperidine rings is 1. The van der Waals surface area contributed by atoms with Crippen molar-refractivity contribution in [3.63, 3.8) is 0 Å². The van der Waals surface area contributed by atoms with Crippen molar-refractivity contribution < 1.29 is 0 Å². The van der Waals surface area contributed by atoms with E-state index in [1.807, 2.05) is 6.07 Å². The maximum absolute atomic E-state index is 4.67. The Morgan fingerprint density at radius 3 is 2.35 bits per heavy atom. The van der Waals surface area contributed by atoms with E-state index in [4.69, 9.17) is 0 Å². The van der Waals surface area contributed by atoms with Crippen molar-refractivity contribution in [3.05, 3.63) is 16.5 Å². The van der Waals surface area contributed by atoms with Crippen LogP contribution < -0.4 is 5.43 Å². The van der Waals surface area contributed by atoms with Gasteiger partial charge in [0, 0.05) is 23.6 Å². The van der Waals surface area contributed by atoms with Gasteiger partial charge >= 0.3 is 0 Å². The van der Waals surface area contributed by atoms with Crippen LogP contribution in [0.3, 0.4) is 0 Å². The van der Waals surface area contributed by atoms with Crippen molar-refractivity contribution in [1.29, 1.82) is 0 Å². The Kier molecular flexibility index (Phi) is 4.69. The Morgan fingerprint density at radius 1 is 1.20 bits per heavy atom. The molecule has 0 amide bonds. The molecule has 1 aliphatic heterocycles. The monoisotopic (exact) mass is 340 g/mol. The quantitative estimate of drug-likeness (QED) is 0.822. The lowest BCUT2D eigenvalue weighted by Gasteiger charge is -2.39. The molecular formula is C15H25BrN4. The van der Waals surface area contributed by atoms with Crippen molar-refractivity contribution in [2.75, 3.05) is 5.43 Å². The van der Waals surface area contributed by atoms with Gasteiger partial charge in [0.1, 0.15) is 16.2 Å². The van der Waals surface area contributed by atoms with Crippen LogP contribution in [-0.4, -0.2) is 27.1 Å². The van der Waals surface area contributed by atoms with Gasteiger partial charge in [-0.15, -0.1) is 0 Å². The Labute approximate surface area is 130 Å². The van der Waals surface area contributed by atoms with Gasteiger partial charge in [0.15, 0.2) is 0 Å². The maximum Gasteiger partial charge on any atom is 0.145 e. The van der Waals surface area contributed by atoms with Gasteiger partial charge in [0.05, 0.1) is 0 Å². The molecule has 2 heterocycles. The summed E-state index contributed by atoms with van der Waals surface area (Å²) in [5.41, 5.74) is 3.43. The second-order valence-corrected chi connectivity index (χ2v) is 7.61. The van der Waals surface area contributed by atoms with Crippen LogP contribution in [0.15, 0.2) is 10.7 Å². The molecule has 0 aliphatic carbocycles. The van der Waals surface area contributed by atoms with E-state index >= 15 is 0 Å². The zero-order valence-corrected chi connectivity index (χ0v) is 14.7. The molecule has 112 valence electrons. The zero-order valence-electron chi connectivity index (χ0n) is 13.1. The summed E-state index contributed by atoms with van der Waals surface area (Å²) < 4.78 is 0.831. The lowest BCUT2D eigenvalue weighted by atomic mass is 9.96. The van der Waals surface area contributed by atoms with E-state index in [0.717, 1.165) is 16.2 Å². The maximum atomic E-state index is 4.67. The number of anilines is 1. The molecule has 1 fully saturated rings. The zero-order chi connectivity index (χ0) is 14.9. The van der Waals surface area contributed by atoms with Crippen molar-refractivity contribution in [2.24, 2.45) is 0 Å². The smallest absolute Gasteiger partial charge is 0.145 e. The van der Waals surface area contributed by atoms with E-state index in [0.29, 0.717) is 12.1 Å². The second kappa shape index (κ2) is 5.98. The van der Waals surface area contributed by atoms with Crippen LogP contribution in [-0.2, 0) is 5.41 Å². The number of hydrogen-bond acceptors (Lipinski definition) is 4.